The van der Waals surface area contributed by atoms with E-state index in [2.05, 4.69) is 72.5 Å². The molecule has 1 aromatic carbocycles. The lowest BCUT2D eigenvalue weighted by molar-refractivity contribution is 0.403. The number of pyridine rings is 1. The zero-order valence-electron chi connectivity index (χ0n) is 11.0. The smallest absolute Gasteiger partial charge is 0.0410 e. The molecule has 4 heteroatoms. The van der Waals surface area contributed by atoms with Gasteiger partial charge in [-0.25, -0.2) is 0 Å². The summed E-state index contributed by atoms with van der Waals surface area (Å²) >= 11 is 7.11. The molecule has 1 aromatic heterocycles. The van der Waals surface area contributed by atoms with E-state index in [-0.39, 0.29) is 0 Å². The molecule has 0 aliphatic carbocycles. The molecule has 0 bridgehead atoms. The van der Waals surface area contributed by atoms with E-state index in [1.54, 1.807) is 0 Å². The Morgan fingerprint density at radius 2 is 1.85 bits per heavy atom. The molecule has 1 saturated heterocycles. The number of nitrogens with one attached hydrogen (secondary N) is 1. The van der Waals surface area contributed by atoms with E-state index in [9.17, 15) is 0 Å². The second-order valence-electron chi connectivity index (χ2n) is 5.20. The summed E-state index contributed by atoms with van der Waals surface area (Å²) in [5.74, 6) is 1.02. The average molecular weight is 396 g/mol. The number of benzene rings is 1. The Morgan fingerprint density at radius 3 is 2.65 bits per heavy atom. The van der Waals surface area contributed by atoms with Crippen LogP contribution in [-0.4, -0.2) is 18.1 Å². The standard InChI is InChI=1S/C16H16Br2N2/c17-13-3-1-2-11(6-13)16-10-19-5-4-15(16)12-7-14(18)9-20-8-12/h1-3,6-9,15-16,19H,4-5,10H2. The summed E-state index contributed by atoms with van der Waals surface area (Å²) in [6.45, 7) is 2.09. The van der Waals surface area contributed by atoms with Crippen LogP contribution in [0.15, 0.2) is 51.7 Å². The number of rotatable bonds is 2. The molecule has 2 aromatic rings. The molecule has 1 aliphatic heterocycles. The number of piperidine rings is 1. The molecule has 0 amide bonds. The average Bonchev–Trinajstić information content (AvgIpc) is 2.47. The molecule has 0 spiro atoms. The minimum absolute atomic E-state index is 0.498. The van der Waals surface area contributed by atoms with E-state index >= 15 is 0 Å². The molecule has 2 unspecified atom stereocenters. The fourth-order valence-corrected chi connectivity index (χ4v) is 3.78. The maximum atomic E-state index is 4.33. The van der Waals surface area contributed by atoms with E-state index in [0.717, 1.165) is 28.5 Å². The molecule has 1 aliphatic rings. The van der Waals surface area contributed by atoms with Crippen molar-refractivity contribution in [1.82, 2.24) is 10.3 Å². The molecule has 0 saturated carbocycles. The Hall–Kier alpha value is -0.710. The van der Waals surface area contributed by atoms with Crippen molar-refractivity contribution in [3.63, 3.8) is 0 Å². The van der Waals surface area contributed by atoms with Gasteiger partial charge in [-0.15, -0.1) is 0 Å². The van der Waals surface area contributed by atoms with Crippen LogP contribution in [0.2, 0.25) is 0 Å². The predicted octanol–water partition coefficient (Wildman–Crippen LogP) is 4.47. The molecule has 2 atom stereocenters. The van der Waals surface area contributed by atoms with Gasteiger partial charge in [0.25, 0.3) is 0 Å². The first-order valence-corrected chi connectivity index (χ1v) is 8.39. The lowest BCUT2D eigenvalue weighted by atomic mass is 9.78. The van der Waals surface area contributed by atoms with Gasteiger partial charge in [0.2, 0.25) is 0 Å². The predicted molar refractivity (Wildman–Crippen MR) is 89.0 cm³/mol. The van der Waals surface area contributed by atoms with Crippen molar-refractivity contribution in [2.45, 2.75) is 18.3 Å². The highest BCUT2D eigenvalue weighted by Crippen LogP contribution is 2.38. The van der Waals surface area contributed by atoms with Gasteiger partial charge in [-0.2, -0.15) is 0 Å². The Bertz CT molecular complexity index is 547. The second-order valence-corrected chi connectivity index (χ2v) is 7.03. The van der Waals surface area contributed by atoms with Crippen molar-refractivity contribution in [1.29, 1.82) is 0 Å². The first-order chi connectivity index (χ1) is 9.74. The van der Waals surface area contributed by atoms with Crippen molar-refractivity contribution in [2.24, 2.45) is 0 Å². The van der Waals surface area contributed by atoms with Gasteiger partial charge in [-0.1, -0.05) is 28.1 Å². The van der Waals surface area contributed by atoms with Gasteiger partial charge in [0.15, 0.2) is 0 Å². The van der Waals surface area contributed by atoms with E-state index < -0.39 is 0 Å². The van der Waals surface area contributed by atoms with E-state index in [1.165, 1.54) is 11.1 Å². The van der Waals surface area contributed by atoms with Crippen LogP contribution >= 0.6 is 31.9 Å². The summed E-state index contributed by atoms with van der Waals surface area (Å²) in [6, 6.07) is 10.9. The first kappa shape index (κ1) is 14.2. The van der Waals surface area contributed by atoms with Crippen LogP contribution in [0.4, 0.5) is 0 Å². The molecule has 2 nitrogen and oxygen atoms in total. The highest BCUT2D eigenvalue weighted by molar-refractivity contribution is 9.10. The van der Waals surface area contributed by atoms with Crippen molar-refractivity contribution >= 4 is 31.9 Å². The van der Waals surface area contributed by atoms with E-state index in [4.69, 9.17) is 0 Å². The fraction of sp³-hybridized carbons (Fsp3) is 0.312. The van der Waals surface area contributed by atoms with Crippen molar-refractivity contribution in [3.05, 3.63) is 62.8 Å². The highest BCUT2D eigenvalue weighted by atomic mass is 79.9. The Balaban J connectivity index is 1.95. The number of aromatic nitrogens is 1. The number of hydrogen-bond donors (Lipinski definition) is 1. The summed E-state index contributed by atoms with van der Waals surface area (Å²) in [4.78, 5) is 4.33. The van der Waals surface area contributed by atoms with Crippen LogP contribution in [0.1, 0.15) is 29.4 Å². The van der Waals surface area contributed by atoms with Crippen LogP contribution in [0.3, 0.4) is 0 Å². The number of halogens is 2. The largest absolute Gasteiger partial charge is 0.316 e. The molecule has 104 valence electrons. The lowest BCUT2D eigenvalue weighted by Gasteiger charge is -2.33. The third-order valence-corrected chi connectivity index (χ3v) is 4.84. The number of hydrogen-bond acceptors (Lipinski definition) is 2. The lowest BCUT2D eigenvalue weighted by Crippen LogP contribution is -2.34. The van der Waals surface area contributed by atoms with Crippen molar-refractivity contribution < 1.29 is 0 Å². The summed E-state index contributed by atoms with van der Waals surface area (Å²) in [6.07, 6.45) is 5.00. The first-order valence-electron chi connectivity index (χ1n) is 6.80. The molecule has 1 fully saturated rings. The Kier molecular flexibility index (Phi) is 4.54. The minimum atomic E-state index is 0.498. The molecule has 1 N–H and O–H groups in total. The normalized spacial score (nSPS) is 22.7. The van der Waals surface area contributed by atoms with E-state index in [0.29, 0.717) is 11.8 Å². The van der Waals surface area contributed by atoms with Crippen LogP contribution < -0.4 is 5.32 Å². The maximum absolute atomic E-state index is 4.33. The summed E-state index contributed by atoms with van der Waals surface area (Å²) in [5.41, 5.74) is 2.71. The fourth-order valence-electron chi connectivity index (χ4n) is 2.98. The highest BCUT2D eigenvalue weighted by Gasteiger charge is 2.28. The summed E-state index contributed by atoms with van der Waals surface area (Å²) in [5, 5.41) is 3.52. The molecule has 2 heterocycles. The molecular weight excluding hydrogens is 380 g/mol. The summed E-state index contributed by atoms with van der Waals surface area (Å²) < 4.78 is 2.20. The molecule has 3 rings (SSSR count). The maximum Gasteiger partial charge on any atom is 0.0410 e. The van der Waals surface area contributed by atoms with E-state index in [1.807, 2.05) is 12.4 Å². The SMILES string of the molecule is Brc1cncc(C2CCNCC2c2cccc(Br)c2)c1. The van der Waals surface area contributed by atoms with Crippen LogP contribution in [0, 0.1) is 0 Å². The Morgan fingerprint density at radius 1 is 1.00 bits per heavy atom. The molecule has 20 heavy (non-hydrogen) atoms. The number of nitrogens with zero attached hydrogens (tertiary/aromatic N) is 1. The van der Waals surface area contributed by atoms with Gasteiger partial charge < -0.3 is 5.32 Å². The van der Waals surface area contributed by atoms with Gasteiger partial charge in [0.05, 0.1) is 0 Å². The third kappa shape index (κ3) is 3.13. The third-order valence-electron chi connectivity index (χ3n) is 3.91. The van der Waals surface area contributed by atoms with Gasteiger partial charge in [0.1, 0.15) is 0 Å². The second kappa shape index (κ2) is 6.37. The van der Waals surface area contributed by atoms with Crippen molar-refractivity contribution in [3.8, 4) is 0 Å². The van der Waals surface area contributed by atoms with Gasteiger partial charge in [-0.3, -0.25) is 4.98 Å². The van der Waals surface area contributed by atoms with Gasteiger partial charge in [0, 0.05) is 33.8 Å². The van der Waals surface area contributed by atoms with Crippen LogP contribution in [-0.2, 0) is 0 Å². The molecular formula is C16H16Br2N2. The minimum Gasteiger partial charge on any atom is -0.316 e. The van der Waals surface area contributed by atoms with Crippen molar-refractivity contribution in [2.75, 3.05) is 13.1 Å². The summed E-state index contributed by atoms with van der Waals surface area (Å²) in [7, 11) is 0. The van der Waals surface area contributed by atoms with Crippen LogP contribution in [0.5, 0.6) is 0 Å². The monoisotopic (exact) mass is 394 g/mol. The van der Waals surface area contributed by atoms with Gasteiger partial charge >= 0.3 is 0 Å². The van der Waals surface area contributed by atoms with Crippen LogP contribution in [0.25, 0.3) is 0 Å². The zero-order valence-corrected chi connectivity index (χ0v) is 14.2. The Labute approximate surface area is 136 Å². The topological polar surface area (TPSA) is 24.9 Å². The van der Waals surface area contributed by atoms with Gasteiger partial charge in [-0.05, 0) is 64.1 Å². The molecule has 0 radical (unpaired) electrons. The quantitative estimate of drug-likeness (QED) is 0.811. The zero-order chi connectivity index (χ0) is 13.9.